The maximum atomic E-state index is 7.69. The van der Waals surface area contributed by atoms with Crippen molar-refractivity contribution >= 4 is 14.2 Å². The van der Waals surface area contributed by atoms with Gasteiger partial charge < -0.3 is 9.74 Å². The number of hydrogen-bond acceptors (Lipinski definition) is 2. The van der Waals surface area contributed by atoms with Gasteiger partial charge in [0.15, 0.2) is 8.32 Å². The van der Waals surface area contributed by atoms with Gasteiger partial charge in [-0.15, -0.1) is 0 Å². The van der Waals surface area contributed by atoms with Crippen LogP contribution in [0.3, 0.4) is 0 Å². The SMILES string of the molecule is CC(=N)NC1CC(C)[C@@H](C)[C@@H]1CO[Si](C)(C)C(C)(C)C. The van der Waals surface area contributed by atoms with Gasteiger partial charge in [-0.3, -0.25) is 5.41 Å². The van der Waals surface area contributed by atoms with Crippen molar-refractivity contribution in [2.24, 2.45) is 17.8 Å². The van der Waals surface area contributed by atoms with Gasteiger partial charge in [-0.25, -0.2) is 0 Å². The summed E-state index contributed by atoms with van der Waals surface area (Å²) in [4.78, 5) is 0. The smallest absolute Gasteiger partial charge is 0.191 e. The van der Waals surface area contributed by atoms with Gasteiger partial charge in [-0.1, -0.05) is 34.6 Å². The second-order valence-corrected chi connectivity index (χ2v) is 13.0. The maximum Gasteiger partial charge on any atom is 0.191 e. The Morgan fingerprint density at radius 2 is 1.85 bits per heavy atom. The minimum Gasteiger partial charge on any atom is -0.416 e. The largest absolute Gasteiger partial charge is 0.416 e. The molecule has 2 N–H and O–H groups in total. The highest BCUT2D eigenvalue weighted by Gasteiger charge is 2.42. The highest BCUT2D eigenvalue weighted by atomic mass is 28.4. The van der Waals surface area contributed by atoms with Crippen molar-refractivity contribution in [1.82, 2.24) is 5.32 Å². The van der Waals surface area contributed by atoms with Crippen LogP contribution < -0.4 is 5.32 Å². The van der Waals surface area contributed by atoms with E-state index in [4.69, 9.17) is 9.84 Å². The molecule has 1 aliphatic rings. The van der Waals surface area contributed by atoms with E-state index in [0.717, 1.165) is 13.0 Å². The van der Waals surface area contributed by atoms with Gasteiger partial charge >= 0.3 is 0 Å². The molecule has 0 saturated heterocycles. The van der Waals surface area contributed by atoms with Crippen LogP contribution in [0.2, 0.25) is 18.1 Å². The topological polar surface area (TPSA) is 45.1 Å². The fourth-order valence-corrected chi connectivity index (χ4v) is 3.85. The molecule has 0 aromatic carbocycles. The molecule has 3 nitrogen and oxygen atoms in total. The molecule has 0 amide bonds. The van der Waals surface area contributed by atoms with Crippen molar-refractivity contribution in [1.29, 1.82) is 5.41 Å². The standard InChI is InChI=1S/C16H34N2OSi/c1-11-9-15(18-13(3)17)14(12(11)2)10-19-20(7,8)16(4,5)6/h11-12,14-15H,9-10H2,1-8H3,(H2,17,18)/t11?,12-,14+,15?/m1/s1. The van der Waals surface area contributed by atoms with E-state index in [1.54, 1.807) is 0 Å². The lowest BCUT2D eigenvalue weighted by Crippen LogP contribution is -2.45. The second kappa shape index (κ2) is 6.18. The van der Waals surface area contributed by atoms with Gasteiger partial charge in [0.1, 0.15) is 0 Å². The highest BCUT2D eigenvalue weighted by Crippen LogP contribution is 2.40. The summed E-state index contributed by atoms with van der Waals surface area (Å²) in [6.07, 6.45) is 1.16. The molecule has 0 radical (unpaired) electrons. The first-order chi connectivity index (χ1) is 8.95. The highest BCUT2D eigenvalue weighted by molar-refractivity contribution is 6.74. The molecule has 0 aliphatic heterocycles. The van der Waals surface area contributed by atoms with Crippen LogP contribution in [0.1, 0.15) is 48.0 Å². The lowest BCUT2D eigenvalue weighted by molar-refractivity contribution is 0.180. The van der Waals surface area contributed by atoms with E-state index in [9.17, 15) is 0 Å². The summed E-state index contributed by atoms with van der Waals surface area (Å²) in [6, 6.07) is 0.405. The van der Waals surface area contributed by atoms with E-state index in [0.29, 0.717) is 29.6 Å². The molecular formula is C16H34N2OSi. The maximum absolute atomic E-state index is 7.69. The average Bonchev–Trinajstić information content (AvgIpc) is 2.50. The summed E-state index contributed by atoms with van der Waals surface area (Å²) in [5.41, 5.74) is 0. The Hall–Kier alpha value is -0.353. The third-order valence-electron chi connectivity index (χ3n) is 5.56. The number of nitrogens with one attached hydrogen (secondary N) is 2. The third-order valence-corrected chi connectivity index (χ3v) is 10.1. The van der Waals surface area contributed by atoms with Crippen LogP contribution in [0.25, 0.3) is 0 Å². The van der Waals surface area contributed by atoms with Crippen LogP contribution in [0, 0.1) is 23.2 Å². The first-order valence-corrected chi connectivity index (χ1v) is 10.8. The molecule has 1 aliphatic carbocycles. The van der Waals surface area contributed by atoms with Gasteiger partial charge in [0.25, 0.3) is 0 Å². The summed E-state index contributed by atoms with van der Waals surface area (Å²) in [5, 5.41) is 11.3. The van der Waals surface area contributed by atoms with Crippen LogP contribution in [-0.4, -0.2) is 26.8 Å². The predicted octanol–water partition coefficient (Wildman–Crippen LogP) is 4.26. The normalized spacial score (nSPS) is 31.4. The first-order valence-electron chi connectivity index (χ1n) is 7.91. The Morgan fingerprint density at radius 1 is 1.30 bits per heavy atom. The van der Waals surface area contributed by atoms with Crippen molar-refractivity contribution < 1.29 is 4.43 Å². The van der Waals surface area contributed by atoms with E-state index in [1.165, 1.54) is 0 Å². The number of amidine groups is 1. The molecule has 4 heteroatoms. The van der Waals surface area contributed by atoms with E-state index >= 15 is 0 Å². The second-order valence-electron chi connectivity index (χ2n) is 8.18. The van der Waals surface area contributed by atoms with E-state index in [1.807, 2.05) is 6.92 Å². The quantitative estimate of drug-likeness (QED) is 0.463. The van der Waals surface area contributed by atoms with Crippen LogP contribution >= 0.6 is 0 Å². The van der Waals surface area contributed by atoms with Crippen molar-refractivity contribution in [3.05, 3.63) is 0 Å². The Kier molecular flexibility index (Phi) is 5.47. The van der Waals surface area contributed by atoms with Gasteiger partial charge in [-0.05, 0) is 43.3 Å². The summed E-state index contributed by atoms with van der Waals surface area (Å²) in [6.45, 7) is 18.8. The molecule has 1 saturated carbocycles. The average molecular weight is 299 g/mol. The van der Waals surface area contributed by atoms with Crippen molar-refractivity contribution in [3.8, 4) is 0 Å². The van der Waals surface area contributed by atoms with Crippen LogP contribution in [0.15, 0.2) is 0 Å². The Bertz CT molecular complexity index is 349. The van der Waals surface area contributed by atoms with Crippen LogP contribution in [-0.2, 0) is 4.43 Å². The molecule has 1 rings (SSSR count). The van der Waals surface area contributed by atoms with E-state index in [-0.39, 0.29) is 5.04 Å². The predicted molar refractivity (Wildman–Crippen MR) is 89.9 cm³/mol. The lowest BCUT2D eigenvalue weighted by Gasteiger charge is -2.38. The summed E-state index contributed by atoms with van der Waals surface area (Å²) < 4.78 is 6.44. The van der Waals surface area contributed by atoms with Crippen molar-refractivity contribution in [2.45, 2.75) is 72.1 Å². The fourth-order valence-electron chi connectivity index (χ4n) is 2.81. The van der Waals surface area contributed by atoms with Crippen molar-refractivity contribution in [2.75, 3.05) is 6.61 Å². The van der Waals surface area contributed by atoms with Crippen LogP contribution in [0.4, 0.5) is 0 Å². The molecule has 1 fully saturated rings. The van der Waals surface area contributed by atoms with Gasteiger partial charge in [0.05, 0.1) is 5.84 Å². The summed E-state index contributed by atoms with van der Waals surface area (Å²) >= 11 is 0. The monoisotopic (exact) mass is 298 g/mol. The molecule has 0 bridgehead atoms. The van der Waals surface area contributed by atoms with Crippen molar-refractivity contribution in [3.63, 3.8) is 0 Å². The Morgan fingerprint density at radius 3 is 2.30 bits per heavy atom. The van der Waals surface area contributed by atoms with Crippen LogP contribution in [0.5, 0.6) is 0 Å². The Balaban J connectivity index is 2.70. The van der Waals surface area contributed by atoms with Gasteiger partial charge in [0.2, 0.25) is 0 Å². The zero-order valence-electron chi connectivity index (χ0n) is 14.6. The van der Waals surface area contributed by atoms with E-state index in [2.05, 4.69) is 53.0 Å². The zero-order valence-corrected chi connectivity index (χ0v) is 15.6. The molecule has 0 aromatic rings. The molecule has 20 heavy (non-hydrogen) atoms. The molecule has 118 valence electrons. The minimum atomic E-state index is -1.68. The fraction of sp³-hybridized carbons (Fsp3) is 0.938. The minimum absolute atomic E-state index is 0.265. The molecule has 2 unspecified atom stereocenters. The molecule has 0 heterocycles. The Labute approximate surface area is 126 Å². The molecule has 0 aromatic heterocycles. The summed E-state index contributed by atoms with van der Waals surface area (Å²) in [7, 11) is -1.68. The summed E-state index contributed by atoms with van der Waals surface area (Å²) in [5.74, 6) is 2.48. The first kappa shape index (κ1) is 17.7. The van der Waals surface area contributed by atoms with E-state index < -0.39 is 8.32 Å². The van der Waals surface area contributed by atoms with Gasteiger partial charge in [0, 0.05) is 18.6 Å². The lowest BCUT2D eigenvalue weighted by atomic mass is 9.92. The number of hydrogen-bond donors (Lipinski definition) is 2. The molecule has 0 spiro atoms. The third kappa shape index (κ3) is 4.07. The molecule has 4 atom stereocenters. The molecular weight excluding hydrogens is 264 g/mol. The van der Waals surface area contributed by atoms with Gasteiger partial charge in [-0.2, -0.15) is 0 Å². The zero-order chi connectivity index (χ0) is 15.7. The number of rotatable bonds is 4.